The molecular weight excluding hydrogens is 340 g/mol. The number of nitrogens with one attached hydrogen (secondary N) is 2. The normalized spacial score (nSPS) is 10.3. The first-order valence-corrected chi connectivity index (χ1v) is 8.98. The van der Waals surface area contributed by atoms with Gasteiger partial charge in [0.25, 0.3) is 5.56 Å². The van der Waals surface area contributed by atoms with Gasteiger partial charge in [-0.25, -0.2) is 4.98 Å². The summed E-state index contributed by atoms with van der Waals surface area (Å²) in [5.74, 6) is 0.528. The average Bonchev–Trinajstić information content (AvgIpc) is 2.66. The van der Waals surface area contributed by atoms with Crippen LogP contribution in [0.15, 0.2) is 59.7 Å². The molecule has 6 heteroatoms. The molecule has 142 valence electrons. The second-order valence-corrected chi connectivity index (χ2v) is 6.44. The van der Waals surface area contributed by atoms with Crippen LogP contribution in [-0.4, -0.2) is 27.0 Å². The van der Waals surface area contributed by atoms with Crippen molar-refractivity contribution in [2.45, 2.75) is 32.6 Å². The fraction of sp³-hybridized carbons (Fsp3) is 0.286. The van der Waals surface area contributed by atoms with Crippen LogP contribution in [0.4, 0.5) is 5.95 Å². The van der Waals surface area contributed by atoms with Crippen LogP contribution in [0.2, 0.25) is 0 Å². The van der Waals surface area contributed by atoms with Gasteiger partial charge >= 0.3 is 0 Å². The van der Waals surface area contributed by atoms with E-state index in [1.807, 2.05) is 25.1 Å². The second kappa shape index (κ2) is 10.2. The van der Waals surface area contributed by atoms with Crippen molar-refractivity contribution in [3.8, 4) is 0 Å². The number of pyridine rings is 1. The number of unbranched alkanes of at least 4 members (excludes halogenated alkanes) is 1. The standard InChI is InChI=1S/C21H24N4O.H2O/c1-16-10-11-18(14-23-16)13-19-15-24-21(25-20(19)26)22-12-6-5-9-17-7-3-2-4-8-17;/h2-4,7-8,10-11,14-15H,5-6,9,12-13H2,1H3,(H2,22,24,25,26);1H2. The molecule has 27 heavy (non-hydrogen) atoms. The number of rotatable bonds is 8. The van der Waals surface area contributed by atoms with E-state index < -0.39 is 0 Å². The highest BCUT2D eigenvalue weighted by molar-refractivity contribution is 5.27. The van der Waals surface area contributed by atoms with Gasteiger partial charge in [-0.3, -0.25) is 14.8 Å². The third-order valence-electron chi connectivity index (χ3n) is 4.27. The molecule has 3 aromatic rings. The summed E-state index contributed by atoms with van der Waals surface area (Å²) in [6.07, 6.45) is 7.16. The molecule has 0 spiro atoms. The van der Waals surface area contributed by atoms with Crippen molar-refractivity contribution >= 4 is 5.95 Å². The van der Waals surface area contributed by atoms with Gasteiger partial charge in [-0.2, -0.15) is 0 Å². The van der Waals surface area contributed by atoms with E-state index in [9.17, 15) is 4.79 Å². The molecule has 4 N–H and O–H groups in total. The third-order valence-corrected chi connectivity index (χ3v) is 4.27. The van der Waals surface area contributed by atoms with Crippen molar-refractivity contribution in [2.75, 3.05) is 11.9 Å². The first-order chi connectivity index (χ1) is 12.7. The van der Waals surface area contributed by atoms with E-state index >= 15 is 0 Å². The summed E-state index contributed by atoms with van der Waals surface area (Å²) >= 11 is 0. The van der Waals surface area contributed by atoms with Crippen molar-refractivity contribution < 1.29 is 5.48 Å². The summed E-state index contributed by atoms with van der Waals surface area (Å²) in [6.45, 7) is 2.73. The van der Waals surface area contributed by atoms with Gasteiger partial charge in [-0.05, 0) is 43.4 Å². The highest BCUT2D eigenvalue weighted by Crippen LogP contribution is 2.07. The number of H-pyrrole nitrogens is 1. The fourth-order valence-corrected chi connectivity index (χ4v) is 2.77. The number of aromatic amines is 1. The lowest BCUT2D eigenvalue weighted by Gasteiger charge is -2.07. The minimum atomic E-state index is -0.104. The predicted octanol–water partition coefficient (Wildman–Crippen LogP) is 2.67. The Labute approximate surface area is 159 Å². The summed E-state index contributed by atoms with van der Waals surface area (Å²) in [5, 5.41) is 3.19. The number of benzene rings is 1. The van der Waals surface area contributed by atoms with Gasteiger partial charge in [0.2, 0.25) is 5.95 Å². The second-order valence-electron chi connectivity index (χ2n) is 6.44. The zero-order chi connectivity index (χ0) is 18.2. The Kier molecular flexibility index (Phi) is 7.70. The first kappa shape index (κ1) is 20.3. The van der Waals surface area contributed by atoms with Gasteiger partial charge in [-0.15, -0.1) is 0 Å². The summed E-state index contributed by atoms with van der Waals surface area (Å²) < 4.78 is 0. The zero-order valence-electron chi connectivity index (χ0n) is 15.5. The number of aromatic nitrogens is 3. The highest BCUT2D eigenvalue weighted by atomic mass is 16.1. The van der Waals surface area contributed by atoms with Crippen LogP contribution < -0.4 is 10.9 Å². The lowest BCUT2D eigenvalue weighted by Crippen LogP contribution is -2.17. The molecule has 3 rings (SSSR count). The minimum Gasteiger partial charge on any atom is -0.412 e. The van der Waals surface area contributed by atoms with Crippen LogP contribution >= 0.6 is 0 Å². The molecule has 1 aromatic carbocycles. The van der Waals surface area contributed by atoms with Gasteiger partial charge in [0.05, 0.1) is 0 Å². The molecule has 0 aliphatic heterocycles. The van der Waals surface area contributed by atoms with Gasteiger partial charge in [0, 0.05) is 36.6 Å². The van der Waals surface area contributed by atoms with E-state index in [-0.39, 0.29) is 11.0 Å². The summed E-state index contributed by atoms with van der Waals surface area (Å²) in [5.41, 5.74) is 3.86. The molecule has 0 atom stereocenters. The minimum absolute atomic E-state index is 0. The summed E-state index contributed by atoms with van der Waals surface area (Å²) in [6, 6.07) is 14.4. The SMILES string of the molecule is Cc1ccc(Cc2cnc(NCCCCc3ccccc3)[nH]c2=O)cn1.O. The molecule has 0 unspecified atom stereocenters. The lowest BCUT2D eigenvalue weighted by atomic mass is 10.1. The topological polar surface area (TPSA) is 102 Å². The Morgan fingerprint density at radius 3 is 2.48 bits per heavy atom. The van der Waals surface area contributed by atoms with Crippen LogP contribution in [0.5, 0.6) is 0 Å². The van der Waals surface area contributed by atoms with Crippen LogP contribution in [-0.2, 0) is 12.8 Å². The van der Waals surface area contributed by atoms with E-state index in [4.69, 9.17) is 0 Å². The lowest BCUT2D eigenvalue weighted by molar-refractivity contribution is 0.758. The molecule has 0 fully saturated rings. The van der Waals surface area contributed by atoms with E-state index in [1.165, 1.54) is 5.56 Å². The maximum absolute atomic E-state index is 12.2. The van der Waals surface area contributed by atoms with Crippen LogP contribution in [0.1, 0.15) is 35.2 Å². The number of hydrogen-bond donors (Lipinski definition) is 2. The number of anilines is 1. The Balaban J connectivity index is 0.00000261. The Bertz CT molecular complexity index is 877. The van der Waals surface area contributed by atoms with Crippen LogP contribution in [0, 0.1) is 6.92 Å². The molecule has 0 aliphatic carbocycles. The molecule has 6 nitrogen and oxygen atoms in total. The van der Waals surface area contributed by atoms with E-state index in [1.54, 1.807) is 12.4 Å². The number of aryl methyl sites for hydroxylation is 2. The van der Waals surface area contributed by atoms with Gasteiger partial charge in [0.1, 0.15) is 0 Å². The van der Waals surface area contributed by atoms with E-state index in [0.717, 1.165) is 37.1 Å². The maximum Gasteiger partial charge on any atom is 0.255 e. The van der Waals surface area contributed by atoms with Gasteiger partial charge < -0.3 is 10.8 Å². The van der Waals surface area contributed by atoms with Gasteiger partial charge in [0.15, 0.2) is 0 Å². The van der Waals surface area contributed by atoms with Gasteiger partial charge in [-0.1, -0.05) is 36.4 Å². The third kappa shape index (κ3) is 6.34. The molecule has 0 radical (unpaired) electrons. The van der Waals surface area contributed by atoms with Crippen molar-refractivity contribution in [1.29, 1.82) is 0 Å². The molecule has 0 amide bonds. The summed E-state index contributed by atoms with van der Waals surface area (Å²) in [4.78, 5) is 23.6. The Hall–Kier alpha value is -2.99. The smallest absolute Gasteiger partial charge is 0.255 e. The van der Waals surface area contributed by atoms with Crippen LogP contribution in [0.3, 0.4) is 0 Å². The van der Waals surface area contributed by atoms with Crippen molar-refractivity contribution in [2.24, 2.45) is 0 Å². The molecule has 0 saturated heterocycles. The zero-order valence-corrected chi connectivity index (χ0v) is 15.5. The Morgan fingerprint density at radius 2 is 1.78 bits per heavy atom. The molecule has 0 aliphatic rings. The van der Waals surface area contributed by atoms with Crippen molar-refractivity contribution in [3.63, 3.8) is 0 Å². The highest BCUT2D eigenvalue weighted by Gasteiger charge is 2.04. The maximum atomic E-state index is 12.2. The van der Waals surface area contributed by atoms with Crippen LogP contribution in [0.25, 0.3) is 0 Å². The largest absolute Gasteiger partial charge is 0.412 e. The summed E-state index contributed by atoms with van der Waals surface area (Å²) in [7, 11) is 0. The number of hydrogen-bond acceptors (Lipinski definition) is 4. The molecule has 0 bridgehead atoms. The first-order valence-electron chi connectivity index (χ1n) is 8.98. The Morgan fingerprint density at radius 1 is 0.963 bits per heavy atom. The molecule has 2 aromatic heterocycles. The predicted molar refractivity (Wildman–Crippen MR) is 108 cm³/mol. The molecular formula is C21H26N4O2. The van der Waals surface area contributed by atoms with Crippen molar-refractivity contribution in [1.82, 2.24) is 15.0 Å². The average molecular weight is 366 g/mol. The monoisotopic (exact) mass is 366 g/mol. The van der Waals surface area contributed by atoms with E-state index in [2.05, 4.69) is 44.5 Å². The quantitative estimate of drug-likeness (QED) is 0.598. The fourth-order valence-electron chi connectivity index (χ4n) is 2.77. The molecule has 0 saturated carbocycles. The molecule has 2 heterocycles. The number of nitrogens with zero attached hydrogens (tertiary/aromatic N) is 2. The van der Waals surface area contributed by atoms with Crippen molar-refractivity contribution in [3.05, 3.63) is 87.6 Å². The van der Waals surface area contributed by atoms with E-state index in [0.29, 0.717) is 17.9 Å².